The molecule has 0 aliphatic rings. The number of rotatable bonds is 6. The highest BCUT2D eigenvalue weighted by Crippen LogP contribution is 2.31. The van der Waals surface area contributed by atoms with E-state index in [2.05, 4.69) is 20.8 Å². The summed E-state index contributed by atoms with van der Waals surface area (Å²) in [7, 11) is 0. The van der Waals surface area contributed by atoms with Crippen molar-refractivity contribution >= 4 is 33.4 Å². The number of thiophene rings is 1. The Labute approximate surface area is 178 Å². The van der Waals surface area contributed by atoms with Gasteiger partial charge in [-0.2, -0.15) is 0 Å². The number of hydrazine groups is 1. The van der Waals surface area contributed by atoms with Gasteiger partial charge in [-0.1, -0.05) is 0 Å². The van der Waals surface area contributed by atoms with Crippen molar-refractivity contribution in [3.63, 3.8) is 0 Å². The number of nitrogens with zero attached hydrogens (tertiary/aromatic N) is 2. The standard InChI is InChI=1S/C21H24N4O4S/c1-6-28-15-7-9-16(10-8-15)29-13(4)19(26)24-25-20(27)18-11(2)17-12(3)22-14(5)23-21(17)30-18/h7-10,13H,6H2,1-5H3,(H,24,26)(H,25,27). The molecule has 0 aliphatic heterocycles. The minimum Gasteiger partial charge on any atom is -0.494 e. The first-order valence-electron chi connectivity index (χ1n) is 9.54. The van der Waals surface area contributed by atoms with Gasteiger partial charge in [-0.25, -0.2) is 9.97 Å². The van der Waals surface area contributed by atoms with E-state index in [0.717, 1.165) is 27.2 Å². The van der Waals surface area contributed by atoms with Gasteiger partial charge in [0.15, 0.2) is 6.10 Å². The largest absolute Gasteiger partial charge is 0.494 e. The molecule has 8 nitrogen and oxygen atoms in total. The Morgan fingerprint density at radius 3 is 2.40 bits per heavy atom. The van der Waals surface area contributed by atoms with Crippen molar-refractivity contribution in [3.8, 4) is 11.5 Å². The summed E-state index contributed by atoms with van der Waals surface area (Å²) in [6.07, 6.45) is -0.803. The molecule has 3 aromatic rings. The third kappa shape index (κ3) is 4.68. The van der Waals surface area contributed by atoms with Crippen LogP contribution in [0.1, 0.15) is 40.6 Å². The summed E-state index contributed by atoms with van der Waals surface area (Å²) in [6, 6.07) is 6.97. The second-order valence-electron chi connectivity index (χ2n) is 6.70. The Kier molecular flexibility index (Phi) is 6.51. The molecule has 2 N–H and O–H groups in total. The molecule has 0 radical (unpaired) electrons. The van der Waals surface area contributed by atoms with Gasteiger partial charge in [0.2, 0.25) is 0 Å². The summed E-state index contributed by atoms with van der Waals surface area (Å²) in [5.41, 5.74) is 6.48. The lowest BCUT2D eigenvalue weighted by Crippen LogP contribution is -2.47. The van der Waals surface area contributed by atoms with Crippen LogP contribution in [0.5, 0.6) is 11.5 Å². The zero-order valence-electron chi connectivity index (χ0n) is 17.5. The van der Waals surface area contributed by atoms with Crippen molar-refractivity contribution in [1.82, 2.24) is 20.8 Å². The predicted octanol–water partition coefficient (Wildman–Crippen LogP) is 3.24. The molecule has 1 unspecified atom stereocenters. The quantitative estimate of drug-likeness (QED) is 0.585. The maximum absolute atomic E-state index is 12.6. The summed E-state index contributed by atoms with van der Waals surface area (Å²) in [6.45, 7) is 9.63. The number of amides is 2. The molecule has 0 bridgehead atoms. The summed E-state index contributed by atoms with van der Waals surface area (Å²) in [4.78, 5) is 34.9. The van der Waals surface area contributed by atoms with E-state index < -0.39 is 17.9 Å². The van der Waals surface area contributed by atoms with Crippen molar-refractivity contribution < 1.29 is 19.1 Å². The van der Waals surface area contributed by atoms with E-state index in [-0.39, 0.29) is 0 Å². The number of ether oxygens (including phenoxy) is 2. The normalized spacial score (nSPS) is 11.8. The van der Waals surface area contributed by atoms with Crippen LogP contribution in [0.25, 0.3) is 10.2 Å². The van der Waals surface area contributed by atoms with Gasteiger partial charge in [-0.3, -0.25) is 20.4 Å². The topological polar surface area (TPSA) is 102 Å². The number of carbonyl (C=O) groups excluding carboxylic acids is 2. The number of hydrogen-bond donors (Lipinski definition) is 2. The minimum atomic E-state index is -0.803. The summed E-state index contributed by atoms with van der Waals surface area (Å²) < 4.78 is 11.0. The molecule has 3 rings (SSSR count). The van der Waals surface area contributed by atoms with Crippen molar-refractivity contribution in [2.24, 2.45) is 0 Å². The first-order valence-corrected chi connectivity index (χ1v) is 10.4. The molecule has 0 saturated heterocycles. The number of nitrogens with one attached hydrogen (secondary N) is 2. The molecule has 0 saturated carbocycles. The smallest absolute Gasteiger partial charge is 0.280 e. The van der Waals surface area contributed by atoms with Crippen LogP contribution in [-0.2, 0) is 4.79 Å². The zero-order chi connectivity index (χ0) is 21.8. The second kappa shape index (κ2) is 9.08. The lowest BCUT2D eigenvalue weighted by Gasteiger charge is -2.15. The average Bonchev–Trinajstić information content (AvgIpc) is 3.04. The predicted molar refractivity (Wildman–Crippen MR) is 115 cm³/mol. The van der Waals surface area contributed by atoms with Gasteiger partial charge in [0.25, 0.3) is 11.8 Å². The molecule has 2 amide bonds. The highest BCUT2D eigenvalue weighted by Gasteiger charge is 2.20. The zero-order valence-corrected chi connectivity index (χ0v) is 18.3. The van der Waals surface area contributed by atoms with Crippen LogP contribution < -0.4 is 20.3 Å². The highest BCUT2D eigenvalue weighted by atomic mass is 32.1. The third-order valence-corrected chi connectivity index (χ3v) is 5.59. The van der Waals surface area contributed by atoms with Gasteiger partial charge in [0, 0.05) is 11.1 Å². The Balaban J connectivity index is 1.61. The van der Waals surface area contributed by atoms with E-state index in [9.17, 15) is 9.59 Å². The molecule has 0 fully saturated rings. The fourth-order valence-corrected chi connectivity index (χ4v) is 4.18. The Morgan fingerprint density at radius 2 is 1.73 bits per heavy atom. The number of hydrogen-bond acceptors (Lipinski definition) is 7. The van der Waals surface area contributed by atoms with E-state index in [4.69, 9.17) is 9.47 Å². The van der Waals surface area contributed by atoms with Crippen molar-refractivity contribution in [2.45, 2.75) is 40.7 Å². The van der Waals surface area contributed by atoms with Gasteiger partial charge >= 0.3 is 0 Å². The molecular formula is C21H24N4O4S. The highest BCUT2D eigenvalue weighted by molar-refractivity contribution is 7.20. The molecule has 0 aliphatic carbocycles. The van der Waals surface area contributed by atoms with Crippen LogP contribution in [0.3, 0.4) is 0 Å². The van der Waals surface area contributed by atoms with Crippen LogP contribution in [0, 0.1) is 20.8 Å². The maximum atomic E-state index is 12.6. The average molecular weight is 429 g/mol. The maximum Gasteiger partial charge on any atom is 0.280 e. The molecule has 1 atom stereocenters. The number of benzene rings is 1. The van der Waals surface area contributed by atoms with Crippen molar-refractivity contribution in [1.29, 1.82) is 0 Å². The minimum absolute atomic E-state index is 0.408. The van der Waals surface area contributed by atoms with E-state index in [1.165, 1.54) is 11.3 Å². The van der Waals surface area contributed by atoms with Crippen LogP contribution in [0.2, 0.25) is 0 Å². The van der Waals surface area contributed by atoms with Crippen LogP contribution >= 0.6 is 11.3 Å². The first kappa shape index (κ1) is 21.5. The van der Waals surface area contributed by atoms with E-state index in [1.807, 2.05) is 27.7 Å². The number of aryl methyl sites for hydroxylation is 3. The number of fused-ring (bicyclic) bond motifs is 1. The number of aromatic nitrogens is 2. The molecule has 9 heteroatoms. The third-order valence-electron chi connectivity index (χ3n) is 4.41. The fourth-order valence-electron chi connectivity index (χ4n) is 3.01. The van der Waals surface area contributed by atoms with Gasteiger partial charge in [-0.15, -0.1) is 11.3 Å². The molecule has 1 aromatic carbocycles. The van der Waals surface area contributed by atoms with Gasteiger partial charge in [0.1, 0.15) is 22.2 Å². The van der Waals surface area contributed by atoms with Gasteiger partial charge < -0.3 is 9.47 Å². The summed E-state index contributed by atoms with van der Waals surface area (Å²) >= 11 is 1.27. The van der Waals surface area contributed by atoms with Crippen LogP contribution in [0.15, 0.2) is 24.3 Å². The van der Waals surface area contributed by atoms with Gasteiger partial charge in [-0.05, 0) is 64.4 Å². The molecule has 0 spiro atoms. The second-order valence-corrected chi connectivity index (χ2v) is 7.70. The molecule has 30 heavy (non-hydrogen) atoms. The monoisotopic (exact) mass is 428 g/mol. The van der Waals surface area contributed by atoms with Crippen LogP contribution in [-0.4, -0.2) is 34.5 Å². The SMILES string of the molecule is CCOc1ccc(OC(C)C(=O)NNC(=O)c2sc3nc(C)nc(C)c3c2C)cc1. The summed E-state index contributed by atoms with van der Waals surface area (Å²) in [5.74, 6) is 1.03. The van der Waals surface area contributed by atoms with Crippen molar-refractivity contribution in [3.05, 3.63) is 46.2 Å². The lowest BCUT2D eigenvalue weighted by atomic mass is 10.1. The molecular weight excluding hydrogens is 404 g/mol. The Bertz CT molecular complexity index is 1080. The molecule has 2 heterocycles. The fraction of sp³-hybridized carbons (Fsp3) is 0.333. The lowest BCUT2D eigenvalue weighted by molar-refractivity contribution is -0.128. The van der Waals surface area contributed by atoms with E-state index >= 15 is 0 Å². The number of carbonyl (C=O) groups is 2. The van der Waals surface area contributed by atoms with Crippen LogP contribution in [0.4, 0.5) is 0 Å². The Hall–Kier alpha value is -3.20. The summed E-state index contributed by atoms with van der Waals surface area (Å²) in [5, 5.41) is 0.870. The van der Waals surface area contributed by atoms with E-state index in [0.29, 0.717) is 23.1 Å². The first-order chi connectivity index (χ1) is 14.3. The van der Waals surface area contributed by atoms with Gasteiger partial charge in [0.05, 0.1) is 11.5 Å². The molecule has 2 aromatic heterocycles. The Morgan fingerprint density at radius 1 is 1.07 bits per heavy atom. The molecule has 158 valence electrons. The van der Waals surface area contributed by atoms with E-state index in [1.54, 1.807) is 31.2 Å². The van der Waals surface area contributed by atoms with Crippen molar-refractivity contribution in [2.75, 3.05) is 6.61 Å².